The van der Waals surface area contributed by atoms with Gasteiger partial charge in [-0.25, -0.2) is 9.78 Å². The normalized spacial score (nSPS) is 13.0. The first-order valence-electron chi connectivity index (χ1n) is 7.34. The van der Waals surface area contributed by atoms with Crippen LogP contribution < -0.4 is 5.32 Å². The van der Waals surface area contributed by atoms with Crippen LogP contribution in [0, 0.1) is 5.92 Å². The number of nitrogens with one attached hydrogen (secondary N) is 1. The number of rotatable bonds is 7. The number of carbonyl (C=O) groups is 1. The van der Waals surface area contributed by atoms with Crippen molar-refractivity contribution in [3.63, 3.8) is 0 Å². The van der Waals surface area contributed by atoms with Crippen molar-refractivity contribution in [2.45, 2.75) is 46.0 Å². The van der Waals surface area contributed by atoms with E-state index in [1.165, 1.54) is 0 Å². The van der Waals surface area contributed by atoms with E-state index in [-0.39, 0.29) is 23.5 Å². The van der Waals surface area contributed by atoms with E-state index in [1.54, 1.807) is 12.1 Å². The average Bonchev–Trinajstić information content (AvgIpc) is 2.42. The molecule has 0 saturated carbocycles. The molecule has 1 rings (SSSR count). The van der Waals surface area contributed by atoms with Crippen LogP contribution in [0.3, 0.4) is 0 Å². The lowest BCUT2D eigenvalue weighted by Gasteiger charge is -2.19. The highest BCUT2D eigenvalue weighted by Gasteiger charge is 2.19. The Morgan fingerprint density at radius 1 is 1.38 bits per heavy atom. The molecule has 1 heterocycles. The van der Waals surface area contributed by atoms with Crippen LogP contribution in [0.5, 0.6) is 0 Å². The molecule has 0 aliphatic carbocycles. The lowest BCUT2D eigenvalue weighted by molar-refractivity contribution is 0.0696. The number of aliphatic hydroxyl groups excluding tert-OH is 1. The van der Waals surface area contributed by atoms with Gasteiger partial charge in [-0.2, -0.15) is 0 Å². The van der Waals surface area contributed by atoms with Gasteiger partial charge < -0.3 is 15.5 Å². The first-order chi connectivity index (χ1) is 9.74. The van der Waals surface area contributed by atoms with E-state index >= 15 is 0 Å². The summed E-state index contributed by atoms with van der Waals surface area (Å²) in [6.07, 6.45) is 1.83. The molecule has 1 aromatic rings. The molecule has 0 aromatic carbocycles. The number of carboxylic acids is 1. The summed E-state index contributed by atoms with van der Waals surface area (Å²) in [5.74, 6) is -0.0634. The minimum absolute atomic E-state index is 0.195. The van der Waals surface area contributed by atoms with Crippen molar-refractivity contribution in [1.82, 2.24) is 4.98 Å². The Balaban J connectivity index is 2.77. The van der Waals surface area contributed by atoms with Gasteiger partial charge in [-0.05, 0) is 30.9 Å². The Bertz CT molecular complexity index is 481. The smallest absolute Gasteiger partial charge is 0.335 e. The average molecular weight is 294 g/mol. The van der Waals surface area contributed by atoms with Crippen LogP contribution in [0.1, 0.15) is 56.6 Å². The van der Waals surface area contributed by atoms with E-state index in [2.05, 4.69) is 10.3 Å². The summed E-state index contributed by atoms with van der Waals surface area (Å²) in [5, 5.41) is 21.3. The monoisotopic (exact) mass is 294 g/mol. The molecule has 0 aliphatic heterocycles. The maximum atomic E-state index is 11.2. The molecule has 3 N–H and O–H groups in total. The third-order valence-corrected chi connectivity index (χ3v) is 3.33. The Kier molecular flexibility index (Phi) is 6.15. The van der Waals surface area contributed by atoms with E-state index in [0.29, 0.717) is 12.4 Å². The molecule has 1 atom stereocenters. The topological polar surface area (TPSA) is 82.5 Å². The largest absolute Gasteiger partial charge is 0.478 e. The molecule has 1 aromatic heterocycles. The minimum atomic E-state index is -0.945. The van der Waals surface area contributed by atoms with Crippen molar-refractivity contribution < 1.29 is 15.0 Å². The molecule has 1 unspecified atom stereocenters. The number of aromatic carboxylic acids is 1. The van der Waals surface area contributed by atoms with Gasteiger partial charge in [0.2, 0.25) is 0 Å². The highest BCUT2D eigenvalue weighted by atomic mass is 16.4. The first kappa shape index (κ1) is 17.4. The zero-order valence-corrected chi connectivity index (χ0v) is 13.3. The molecule has 118 valence electrons. The molecule has 0 aliphatic rings. The van der Waals surface area contributed by atoms with Gasteiger partial charge in [0.1, 0.15) is 5.82 Å². The fourth-order valence-corrected chi connectivity index (χ4v) is 1.89. The second kappa shape index (κ2) is 7.41. The number of carboxylic acid groups (broad SMARTS) is 1. The minimum Gasteiger partial charge on any atom is -0.478 e. The molecule has 0 saturated heterocycles. The summed E-state index contributed by atoms with van der Waals surface area (Å²) >= 11 is 0. The van der Waals surface area contributed by atoms with Crippen molar-refractivity contribution in [3.05, 3.63) is 23.4 Å². The zero-order chi connectivity index (χ0) is 16.0. The lowest BCUT2D eigenvalue weighted by Crippen LogP contribution is -2.17. The Morgan fingerprint density at radius 3 is 2.57 bits per heavy atom. The summed E-state index contributed by atoms with van der Waals surface area (Å²) in [6, 6.07) is 3.19. The highest BCUT2D eigenvalue weighted by Crippen LogP contribution is 2.23. The van der Waals surface area contributed by atoms with Gasteiger partial charge in [0.05, 0.1) is 5.56 Å². The molecule has 0 bridgehead atoms. The van der Waals surface area contributed by atoms with E-state index in [1.807, 2.05) is 27.7 Å². The van der Waals surface area contributed by atoms with Gasteiger partial charge in [0, 0.05) is 24.3 Å². The van der Waals surface area contributed by atoms with Crippen LogP contribution in [0.15, 0.2) is 12.1 Å². The zero-order valence-electron chi connectivity index (χ0n) is 13.3. The number of aliphatic hydroxyl groups is 1. The number of pyridine rings is 1. The standard InChI is InChI=1S/C16H26N2O3/c1-11(10-19)6-5-7-17-14-9-12(15(20)21)8-13(18-14)16(2,3)4/h8-9,11,19H,5-7,10H2,1-4H3,(H,17,18)(H,20,21). The van der Waals surface area contributed by atoms with Crippen LogP contribution in [-0.2, 0) is 5.41 Å². The van der Waals surface area contributed by atoms with Crippen LogP contribution in [-0.4, -0.2) is 34.3 Å². The lowest BCUT2D eigenvalue weighted by atomic mass is 9.91. The summed E-state index contributed by atoms with van der Waals surface area (Å²) < 4.78 is 0. The van der Waals surface area contributed by atoms with Gasteiger partial charge in [0.25, 0.3) is 0 Å². The summed E-state index contributed by atoms with van der Waals surface area (Å²) in [7, 11) is 0. The van der Waals surface area contributed by atoms with Crippen molar-refractivity contribution >= 4 is 11.8 Å². The van der Waals surface area contributed by atoms with Crippen LogP contribution in [0.4, 0.5) is 5.82 Å². The molecule has 5 nitrogen and oxygen atoms in total. The molecule has 0 spiro atoms. The predicted octanol–water partition coefficient (Wildman–Crippen LogP) is 2.90. The SMILES string of the molecule is CC(CO)CCCNc1cc(C(=O)O)cc(C(C)(C)C)n1. The maximum Gasteiger partial charge on any atom is 0.335 e. The van der Waals surface area contributed by atoms with Gasteiger partial charge in [0.15, 0.2) is 0 Å². The molecular weight excluding hydrogens is 268 g/mol. The van der Waals surface area contributed by atoms with Gasteiger partial charge in [-0.15, -0.1) is 0 Å². The molecule has 0 amide bonds. The van der Waals surface area contributed by atoms with Gasteiger partial charge in [-0.1, -0.05) is 27.7 Å². The highest BCUT2D eigenvalue weighted by molar-refractivity contribution is 5.88. The molecular formula is C16H26N2O3. The van der Waals surface area contributed by atoms with E-state index < -0.39 is 5.97 Å². The number of aromatic nitrogens is 1. The van der Waals surface area contributed by atoms with Crippen LogP contribution in [0.25, 0.3) is 0 Å². The van der Waals surface area contributed by atoms with Crippen LogP contribution in [0.2, 0.25) is 0 Å². The third kappa shape index (κ3) is 5.71. The summed E-state index contributed by atoms with van der Waals surface area (Å²) in [6.45, 7) is 8.93. The fourth-order valence-electron chi connectivity index (χ4n) is 1.89. The second-order valence-electron chi connectivity index (χ2n) is 6.54. The summed E-state index contributed by atoms with van der Waals surface area (Å²) in [4.78, 5) is 15.7. The van der Waals surface area contributed by atoms with Crippen molar-refractivity contribution in [2.24, 2.45) is 5.92 Å². The number of hydrogen-bond donors (Lipinski definition) is 3. The van der Waals surface area contributed by atoms with Crippen LogP contribution >= 0.6 is 0 Å². The third-order valence-electron chi connectivity index (χ3n) is 3.33. The fraction of sp³-hybridized carbons (Fsp3) is 0.625. The summed E-state index contributed by atoms with van der Waals surface area (Å²) in [5.41, 5.74) is 0.808. The van der Waals surface area contributed by atoms with Crippen molar-refractivity contribution in [3.8, 4) is 0 Å². The molecule has 0 fully saturated rings. The number of anilines is 1. The van der Waals surface area contributed by atoms with E-state index in [0.717, 1.165) is 18.5 Å². The van der Waals surface area contributed by atoms with E-state index in [9.17, 15) is 9.90 Å². The Hall–Kier alpha value is -1.62. The maximum absolute atomic E-state index is 11.2. The molecule has 21 heavy (non-hydrogen) atoms. The van der Waals surface area contributed by atoms with E-state index in [4.69, 9.17) is 5.11 Å². The Morgan fingerprint density at radius 2 is 2.05 bits per heavy atom. The number of hydrogen-bond acceptors (Lipinski definition) is 4. The Labute approximate surface area is 126 Å². The quantitative estimate of drug-likeness (QED) is 0.674. The first-order valence-corrected chi connectivity index (χ1v) is 7.34. The van der Waals surface area contributed by atoms with Gasteiger partial charge >= 0.3 is 5.97 Å². The second-order valence-corrected chi connectivity index (χ2v) is 6.54. The van der Waals surface area contributed by atoms with Crippen molar-refractivity contribution in [1.29, 1.82) is 0 Å². The molecule has 0 radical (unpaired) electrons. The van der Waals surface area contributed by atoms with Gasteiger partial charge in [-0.3, -0.25) is 0 Å². The molecule has 5 heteroatoms. The van der Waals surface area contributed by atoms with Crippen molar-refractivity contribution in [2.75, 3.05) is 18.5 Å². The predicted molar refractivity (Wildman–Crippen MR) is 83.9 cm³/mol. The number of nitrogens with zero attached hydrogens (tertiary/aromatic N) is 1.